The minimum absolute atomic E-state index is 0.0913. The van der Waals surface area contributed by atoms with Crippen molar-refractivity contribution in [2.75, 3.05) is 5.43 Å². The van der Waals surface area contributed by atoms with Gasteiger partial charge >= 0.3 is 6.09 Å². The molecular weight excluding hydrogens is 450 g/mol. The molecule has 0 aliphatic heterocycles. The number of hydrogen-bond acceptors (Lipinski definition) is 7. The molecule has 2 rings (SSSR count). The summed E-state index contributed by atoms with van der Waals surface area (Å²) in [5.74, 6) is -1.01. The molecule has 2 aromatic rings. The molecule has 0 fully saturated rings. The van der Waals surface area contributed by atoms with E-state index in [1.54, 1.807) is 0 Å². The summed E-state index contributed by atoms with van der Waals surface area (Å²) in [6.07, 6.45) is -0.315. The maximum Gasteiger partial charge on any atom is 0.408 e. The first-order valence-corrected chi connectivity index (χ1v) is 11.6. The molecule has 1 aromatic heterocycles. The van der Waals surface area contributed by atoms with E-state index in [4.69, 9.17) is 17.0 Å². The quantitative estimate of drug-likeness (QED) is 0.451. The zero-order valence-electron chi connectivity index (χ0n) is 18.5. The number of carbonyl (C=O) groups excluding carboxylic acids is 3. The molecule has 0 aliphatic carbocycles. The summed E-state index contributed by atoms with van der Waals surface area (Å²) in [6.45, 7) is 7.59. The normalized spacial score (nSPS) is 12.8. The molecule has 174 valence electrons. The predicted octanol–water partition coefficient (Wildman–Crippen LogP) is 3.23. The van der Waals surface area contributed by atoms with E-state index in [-0.39, 0.29) is 18.4 Å². The van der Waals surface area contributed by atoms with E-state index < -0.39 is 30.0 Å². The van der Waals surface area contributed by atoms with Crippen molar-refractivity contribution >= 4 is 41.5 Å². The van der Waals surface area contributed by atoms with Gasteiger partial charge in [-0.15, -0.1) is 9.89 Å². The third-order valence-electron chi connectivity index (χ3n) is 4.48. The second-order valence-corrected chi connectivity index (χ2v) is 9.49. The van der Waals surface area contributed by atoms with E-state index in [1.807, 2.05) is 58.0 Å². The maximum atomic E-state index is 13.0. The van der Waals surface area contributed by atoms with Gasteiger partial charge in [-0.3, -0.25) is 9.59 Å². The summed E-state index contributed by atoms with van der Waals surface area (Å²) in [5.41, 5.74) is 4.93. The summed E-state index contributed by atoms with van der Waals surface area (Å²) in [6, 6.07) is 7.55. The third kappa shape index (κ3) is 8.04. The number of rotatable bonds is 10. The highest BCUT2D eigenvalue weighted by atomic mass is 32.1. The molecular formula is C21H29N5O4S2. The van der Waals surface area contributed by atoms with Crippen LogP contribution in [0.1, 0.15) is 39.7 Å². The number of hydrogen-bond donors (Lipinski definition) is 3. The predicted molar refractivity (Wildman–Crippen MR) is 125 cm³/mol. The van der Waals surface area contributed by atoms with Crippen LogP contribution in [0.25, 0.3) is 0 Å². The summed E-state index contributed by atoms with van der Waals surface area (Å²) in [7, 11) is 0. The van der Waals surface area contributed by atoms with Crippen molar-refractivity contribution in [3.63, 3.8) is 0 Å². The van der Waals surface area contributed by atoms with Crippen LogP contribution in [-0.2, 0) is 20.9 Å². The summed E-state index contributed by atoms with van der Waals surface area (Å²) in [4.78, 5) is 39.2. The molecule has 0 saturated heterocycles. The average molecular weight is 480 g/mol. The molecule has 32 heavy (non-hydrogen) atoms. The lowest BCUT2D eigenvalue weighted by atomic mass is 10.00. The van der Waals surface area contributed by atoms with Gasteiger partial charge in [-0.1, -0.05) is 69.4 Å². The van der Waals surface area contributed by atoms with E-state index in [0.717, 1.165) is 5.56 Å². The Labute approximate surface area is 196 Å². The standard InChI is InChI=1S/C21H29N5O4S2/c1-13(2)10-16(23-20(29)30-11-15-8-6-5-7-9-15)18(27)24-17(14(3)4)19(28)25-26-21(31)32-12-22-26/h5-9,12-14,16-17H,10-11H2,1-4H3,(H,23,29)(H,24,27)(H,25,28). The third-order valence-corrected chi connectivity index (χ3v) is 5.52. The number of nitrogens with zero attached hydrogens (tertiary/aromatic N) is 2. The summed E-state index contributed by atoms with van der Waals surface area (Å²) in [5, 5.41) is 9.31. The highest BCUT2D eigenvalue weighted by Crippen LogP contribution is 2.09. The van der Waals surface area contributed by atoms with Crippen molar-refractivity contribution in [1.82, 2.24) is 20.5 Å². The van der Waals surface area contributed by atoms with E-state index >= 15 is 0 Å². The fourth-order valence-electron chi connectivity index (χ4n) is 2.86. The SMILES string of the molecule is CC(C)CC(NC(=O)OCc1ccccc1)C(=O)NC(C(=O)Nn1ncsc1=S)C(C)C. The largest absolute Gasteiger partial charge is 0.445 e. The van der Waals surface area contributed by atoms with Crippen molar-refractivity contribution in [2.45, 2.75) is 52.8 Å². The number of alkyl carbamates (subject to hydrolysis) is 1. The van der Waals surface area contributed by atoms with Gasteiger partial charge in [0.15, 0.2) is 0 Å². The number of carbonyl (C=O) groups is 3. The van der Waals surface area contributed by atoms with E-state index in [1.165, 1.54) is 21.6 Å². The monoisotopic (exact) mass is 479 g/mol. The first-order chi connectivity index (χ1) is 15.2. The Morgan fingerprint density at radius 3 is 2.34 bits per heavy atom. The average Bonchev–Trinajstić information content (AvgIpc) is 3.14. The van der Waals surface area contributed by atoms with Crippen LogP contribution in [0, 0.1) is 15.8 Å². The van der Waals surface area contributed by atoms with Crippen LogP contribution in [0.2, 0.25) is 0 Å². The topological polar surface area (TPSA) is 114 Å². The Morgan fingerprint density at radius 1 is 1.09 bits per heavy atom. The van der Waals surface area contributed by atoms with Crippen molar-refractivity contribution in [3.05, 3.63) is 45.4 Å². The number of benzene rings is 1. The molecule has 0 saturated carbocycles. The Bertz CT molecular complexity index is 958. The Balaban J connectivity index is 2.02. The van der Waals surface area contributed by atoms with Gasteiger partial charge in [0, 0.05) is 0 Å². The van der Waals surface area contributed by atoms with E-state index in [9.17, 15) is 14.4 Å². The van der Waals surface area contributed by atoms with Gasteiger partial charge in [0.05, 0.1) is 0 Å². The molecule has 1 heterocycles. The summed E-state index contributed by atoms with van der Waals surface area (Å²) >= 11 is 6.30. The molecule has 3 amide bonds. The molecule has 0 radical (unpaired) electrons. The lowest BCUT2D eigenvalue weighted by Gasteiger charge is -2.25. The Kier molecular flexibility index (Phi) is 9.79. The van der Waals surface area contributed by atoms with Crippen LogP contribution in [0.3, 0.4) is 0 Å². The molecule has 2 unspecified atom stereocenters. The van der Waals surface area contributed by atoms with Crippen LogP contribution < -0.4 is 16.1 Å². The van der Waals surface area contributed by atoms with Crippen LogP contribution in [-0.4, -0.2) is 39.9 Å². The van der Waals surface area contributed by atoms with Gasteiger partial charge < -0.3 is 15.4 Å². The van der Waals surface area contributed by atoms with Gasteiger partial charge in [0.1, 0.15) is 24.2 Å². The van der Waals surface area contributed by atoms with Crippen LogP contribution in [0.4, 0.5) is 4.79 Å². The van der Waals surface area contributed by atoms with Crippen LogP contribution >= 0.6 is 23.6 Å². The van der Waals surface area contributed by atoms with Crippen LogP contribution in [0.5, 0.6) is 0 Å². The lowest BCUT2D eigenvalue weighted by Crippen LogP contribution is -2.55. The van der Waals surface area contributed by atoms with Gasteiger partial charge in [-0.2, -0.15) is 0 Å². The minimum Gasteiger partial charge on any atom is -0.445 e. The summed E-state index contributed by atoms with van der Waals surface area (Å²) < 4.78 is 5.62. The highest BCUT2D eigenvalue weighted by molar-refractivity contribution is 7.73. The van der Waals surface area contributed by atoms with E-state index in [2.05, 4.69) is 21.2 Å². The van der Waals surface area contributed by atoms with Crippen molar-refractivity contribution in [3.8, 4) is 0 Å². The minimum atomic E-state index is -0.853. The molecule has 0 aliphatic rings. The van der Waals surface area contributed by atoms with Crippen molar-refractivity contribution in [2.24, 2.45) is 11.8 Å². The molecule has 1 aromatic carbocycles. The first-order valence-electron chi connectivity index (χ1n) is 10.3. The Morgan fingerprint density at radius 2 is 1.78 bits per heavy atom. The van der Waals surface area contributed by atoms with Crippen molar-refractivity contribution in [1.29, 1.82) is 0 Å². The molecule has 11 heteroatoms. The maximum absolute atomic E-state index is 13.0. The van der Waals surface area contributed by atoms with Crippen LogP contribution in [0.15, 0.2) is 35.8 Å². The smallest absolute Gasteiger partial charge is 0.408 e. The van der Waals surface area contributed by atoms with Crippen molar-refractivity contribution < 1.29 is 19.1 Å². The molecule has 9 nitrogen and oxygen atoms in total. The molecule has 2 atom stereocenters. The number of nitrogens with one attached hydrogen (secondary N) is 3. The van der Waals surface area contributed by atoms with Gasteiger partial charge in [0.2, 0.25) is 9.86 Å². The molecule has 0 spiro atoms. The Hall–Kier alpha value is -2.79. The molecule has 3 N–H and O–H groups in total. The zero-order chi connectivity index (χ0) is 23.7. The zero-order valence-corrected chi connectivity index (χ0v) is 20.2. The lowest BCUT2D eigenvalue weighted by molar-refractivity contribution is -0.129. The second-order valence-electron chi connectivity index (χ2n) is 8.01. The van der Waals surface area contributed by atoms with Gasteiger partial charge in [-0.25, -0.2) is 10.2 Å². The van der Waals surface area contributed by atoms with Gasteiger partial charge in [0.25, 0.3) is 5.91 Å². The van der Waals surface area contributed by atoms with E-state index in [0.29, 0.717) is 10.4 Å². The molecule has 0 bridgehead atoms. The number of amides is 3. The number of ether oxygens (including phenoxy) is 1. The van der Waals surface area contributed by atoms with Gasteiger partial charge in [-0.05, 0) is 36.0 Å². The first kappa shape index (κ1) is 25.5. The fraction of sp³-hybridized carbons (Fsp3) is 0.476. The second kappa shape index (κ2) is 12.3. The highest BCUT2D eigenvalue weighted by Gasteiger charge is 2.30. The fourth-order valence-corrected chi connectivity index (χ4v) is 3.51. The number of aromatic nitrogens is 2.